The molecule has 5 nitrogen and oxygen atoms in total. The lowest BCUT2D eigenvalue weighted by molar-refractivity contribution is -0.884. The molecule has 6 heteroatoms. The van der Waals surface area contributed by atoms with Crippen LogP contribution in [0.5, 0.6) is 0 Å². The van der Waals surface area contributed by atoms with E-state index in [1.54, 1.807) is 14.1 Å². The van der Waals surface area contributed by atoms with Gasteiger partial charge in [-0.05, 0) is 20.3 Å². The number of aliphatic carboxylic acids is 1. The summed E-state index contributed by atoms with van der Waals surface area (Å²) >= 11 is 0. The van der Waals surface area contributed by atoms with Crippen LogP contribution in [0.25, 0.3) is 0 Å². The first kappa shape index (κ1) is 32.2. The van der Waals surface area contributed by atoms with Gasteiger partial charge in [-0.1, -0.05) is 29.2 Å². The molecule has 0 amide bonds. The summed E-state index contributed by atoms with van der Waals surface area (Å²) in [5.74, 6) is -1.34. The molecule has 0 aliphatic heterocycles. The molecule has 0 fully saturated rings. The first-order valence-corrected chi connectivity index (χ1v) is 5.80. The number of carbonyl (C=O) groups excluding carboxylic acids is 2. The van der Waals surface area contributed by atoms with Crippen molar-refractivity contribution in [1.82, 2.24) is 0 Å². The van der Waals surface area contributed by atoms with Crippen LogP contribution in [0.3, 0.4) is 0 Å². The normalized spacial score (nSPS) is 9.95. The molecular formula is C15H35ClNO4-. The number of halogens is 1. The van der Waals surface area contributed by atoms with Crippen molar-refractivity contribution in [3.8, 4) is 0 Å². The van der Waals surface area contributed by atoms with Gasteiger partial charge < -0.3 is 31.5 Å². The van der Waals surface area contributed by atoms with Gasteiger partial charge in [0.1, 0.15) is 19.7 Å². The predicted molar refractivity (Wildman–Crippen MR) is 82.1 cm³/mol. The van der Waals surface area contributed by atoms with Crippen molar-refractivity contribution in [2.45, 2.75) is 49.5 Å². The van der Waals surface area contributed by atoms with E-state index in [0.29, 0.717) is 13.0 Å². The van der Waals surface area contributed by atoms with Crippen molar-refractivity contribution in [2.24, 2.45) is 5.41 Å². The highest BCUT2D eigenvalue weighted by molar-refractivity contribution is 5.75. The van der Waals surface area contributed by atoms with Crippen LogP contribution in [0.2, 0.25) is 0 Å². The fourth-order valence-corrected chi connectivity index (χ4v) is 1.15. The smallest absolute Gasteiger partial charge is 0.311 e. The molecule has 0 rings (SSSR count). The third-order valence-corrected chi connectivity index (χ3v) is 2.92. The molecule has 0 aliphatic carbocycles. The molecule has 0 spiro atoms. The number of carboxylic acid groups (broad SMARTS) is 1. The second kappa shape index (κ2) is 12.9. The first-order valence-electron chi connectivity index (χ1n) is 5.80. The highest BCUT2D eigenvalue weighted by Gasteiger charge is 2.27. The van der Waals surface area contributed by atoms with Crippen molar-refractivity contribution in [3.63, 3.8) is 0 Å². The summed E-state index contributed by atoms with van der Waals surface area (Å²) < 4.78 is 5.39. The number of esters is 1. The molecule has 0 unspecified atom stereocenters. The van der Waals surface area contributed by atoms with Crippen LogP contribution in [-0.2, 0) is 14.3 Å². The largest absolute Gasteiger partial charge is 1.00 e. The van der Waals surface area contributed by atoms with Gasteiger partial charge in [0.2, 0.25) is 0 Å². The van der Waals surface area contributed by atoms with Crippen molar-refractivity contribution >= 4 is 11.9 Å². The predicted octanol–water partition coefficient (Wildman–Crippen LogP) is -1.30. The number of rotatable bonds is 7. The summed E-state index contributed by atoms with van der Waals surface area (Å²) in [6.07, 6.45) is 0.711. The van der Waals surface area contributed by atoms with Crippen LogP contribution in [0.1, 0.15) is 49.5 Å². The Balaban J connectivity index is -0.000000213. The second-order valence-corrected chi connectivity index (χ2v) is 5.56. The van der Waals surface area contributed by atoms with E-state index >= 15 is 0 Å². The molecule has 0 aliphatic rings. The Morgan fingerprint density at radius 3 is 1.90 bits per heavy atom. The van der Waals surface area contributed by atoms with Gasteiger partial charge in [-0.25, -0.2) is 0 Å². The summed E-state index contributed by atoms with van der Waals surface area (Å²) in [7, 11) is 3.52. The summed E-state index contributed by atoms with van der Waals surface area (Å²) in [5, 5.41) is 10.5. The molecular weight excluding hydrogens is 294 g/mol. The zero-order valence-electron chi connectivity index (χ0n) is 11.8. The average Bonchev–Trinajstić information content (AvgIpc) is 2.15. The number of hydrogen-bond donors (Lipinski definition) is 0. The fraction of sp³-hybridized carbons (Fsp3) is 0.867. The molecule has 0 heterocycles. The number of hydrogen-bond acceptors (Lipinski definition) is 4. The Labute approximate surface area is 137 Å². The maximum absolute atomic E-state index is 11.6. The molecule has 0 aromatic heterocycles. The van der Waals surface area contributed by atoms with Crippen LogP contribution in [0, 0.1) is 5.41 Å². The summed E-state index contributed by atoms with van der Waals surface area (Å²) in [6.45, 7) is 6.18. The Hall–Kier alpha value is -0.810. The van der Waals surface area contributed by atoms with Gasteiger partial charge in [0.15, 0.2) is 0 Å². The number of carbonyl (C=O) groups is 2. The summed E-state index contributed by atoms with van der Waals surface area (Å²) in [6, 6.07) is 0. The van der Waals surface area contributed by atoms with E-state index in [1.165, 1.54) is 0 Å². The minimum Gasteiger partial charge on any atom is -1.00 e. The SMILES string of the molecule is C.C.C.CCC(C)(C)C(=O)OCC[N+](C)(C)CC(=O)[O-].[Cl-]. The van der Waals surface area contributed by atoms with E-state index in [4.69, 9.17) is 4.74 Å². The number of nitrogens with zero attached hydrogens (tertiary/aromatic N) is 1. The van der Waals surface area contributed by atoms with Gasteiger partial charge >= 0.3 is 5.97 Å². The summed E-state index contributed by atoms with van der Waals surface area (Å²) in [5.41, 5.74) is -0.481. The van der Waals surface area contributed by atoms with Crippen LogP contribution in [0.15, 0.2) is 0 Å². The maximum Gasteiger partial charge on any atom is 0.311 e. The lowest BCUT2D eigenvalue weighted by Crippen LogP contribution is -3.00. The number of likely N-dealkylation sites (N-methyl/N-ethyl adjacent to an activating group) is 1. The molecule has 0 atom stereocenters. The van der Waals surface area contributed by atoms with Crippen molar-refractivity contribution in [3.05, 3.63) is 0 Å². The lowest BCUT2D eigenvalue weighted by atomic mass is 9.91. The Bertz CT molecular complexity index is 291. The van der Waals surface area contributed by atoms with E-state index in [1.807, 2.05) is 20.8 Å². The molecule has 0 N–H and O–H groups in total. The Kier molecular flexibility index (Phi) is 19.8. The standard InChI is InChI=1S/C12H23NO4.3CH4.ClH/c1-6-12(2,3)11(16)17-8-7-13(4,5)9-10(14)15;;;;/h6-9H2,1-5H3;3*1H4;1H/p-1. The van der Waals surface area contributed by atoms with Gasteiger partial charge in [0, 0.05) is 0 Å². The third-order valence-electron chi connectivity index (χ3n) is 2.92. The van der Waals surface area contributed by atoms with E-state index < -0.39 is 11.4 Å². The molecule has 0 bridgehead atoms. The molecule has 132 valence electrons. The number of ether oxygens (including phenoxy) is 1. The van der Waals surface area contributed by atoms with E-state index in [9.17, 15) is 14.7 Å². The molecule has 0 saturated carbocycles. The van der Waals surface area contributed by atoms with Crippen LogP contribution < -0.4 is 17.5 Å². The van der Waals surface area contributed by atoms with Gasteiger partial charge in [-0.2, -0.15) is 0 Å². The van der Waals surface area contributed by atoms with Crippen molar-refractivity contribution < 1.29 is 36.3 Å². The maximum atomic E-state index is 11.6. The molecule has 21 heavy (non-hydrogen) atoms. The van der Waals surface area contributed by atoms with Gasteiger partial charge in [-0.3, -0.25) is 4.79 Å². The van der Waals surface area contributed by atoms with Gasteiger partial charge in [0.25, 0.3) is 0 Å². The van der Waals surface area contributed by atoms with E-state index in [0.717, 1.165) is 0 Å². The zero-order chi connectivity index (χ0) is 13.7. The Morgan fingerprint density at radius 1 is 1.14 bits per heavy atom. The Morgan fingerprint density at radius 2 is 1.57 bits per heavy atom. The summed E-state index contributed by atoms with van der Waals surface area (Å²) in [4.78, 5) is 22.1. The second-order valence-electron chi connectivity index (χ2n) is 5.56. The number of carboxylic acids is 1. The topological polar surface area (TPSA) is 66.4 Å². The minimum atomic E-state index is -1.10. The van der Waals surface area contributed by atoms with Gasteiger partial charge in [0.05, 0.1) is 25.5 Å². The molecule has 0 aromatic rings. The molecule has 0 radical (unpaired) electrons. The van der Waals surface area contributed by atoms with E-state index in [-0.39, 0.29) is 58.3 Å². The first-order chi connectivity index (χ1) is 7.60. The lowest BCUT2D eigenvalue weighted by Gasteiger charge is -2.30. The molecule has 0 saturated heterocycles. The van der Waals surface area contributed by atoms with Crippen LogP contribution in [0.4, 0.5) is 0 Å². The monoisotopic (exact) mass is 328 g/mol. The van der Waals surface area contributed by atoms with Gasteiger partial charge in [-0.15, -0.1) is 0 Å². The van der Waals surface area contributed by atoms with Crippen molar-refractivity contribution in [2.75, 3.05) is 33.8 Å². The number of quaternary nitrogens is 1. The van der Waals surface area contributed by atoms with Crippen molar-refractivity contribution in [1.29, 1.82) is 0 Å². The minimum absolute atomic E-state index is 0. The average molecular weight is 329 g/mol. The van der Waals surface area contributed by atoms with E-state index in [2.05, 4.69) is 0 Å². The quantitative estimate of drug-likeness (QED) is 0.430. The van der Waals surface area contributed by atoms with Crippen LogP contribution >= 0.6 is 0 Å². The molecule has 0 aromatic carbocycles. The van der Waals surface area contributed by atoms with Crippen LogP contribution in [-0.4, -0.2) is 50.2 Å². The third kappa shape index (κ3) is 13.9. The zero-order valence-corrected chi connectivity index (χ0v) is 12.5. The highest BCUT2D eigenvalue weighted by atomic mass is 35.5. The fourth-order valence-electron chi connectivity index (χ4n) is 1.15. The highest BCUT2D eigenvalue weighted by Crippen LogP contribution is 2.21.